The molecule has 1 aromatic carbocycles. The minimum absolute atomic E-state index is 0.290. The van der Waals surface area contributed by atoms with Gasteiger partial charge in [-0.3, -0.25) is 14.8 Å². The summed E-state index contributed by atoms with van der Waals surface area (Å²) in [6.07, 6.45) is 0.695. The molecule has 2 rings (SSSR count). The maximum absolute atomic E-state index is 13.6. The van der Waals surface area contributed by atoms with Crippen molar-refractivity contribution in [3.8, 4) is 0 Å². The van der Waals surface area contributed by atoms with E-state index in [1.54, 1.807) is 0 Å². The van der Waals surface area contributed by atoms with Crippen LogP contribution >= 0.6 is 0 Å². The zero-order valence-corrected chi connectivity index (χ0v) is 11.6. The van der Waals surface area contributed by atoms with Gasteiger partial charge in [0.1, 0.15) is 0 Å². The monoisotopic (exact) mass is 321 g/mol. The lowest BCUT2D eigenvalue weighted by Gasteiger charge is -2.23. The van der Waals surface area contributed by atoms with Gasteiger partial charge in [0.2, 0.25) is 15.8 Å². The van der Waals surface area contributed by atoms with E-state index in [0.717, 1.165) is 0 Å². The second-order valence-electron chi connectivity index (χ2n) is 4.64. The zero-order chi connectivity index (χ0) is 15.6. The first kappa shape index (κ1) is 15.6. The number of sulfonamides is 1. The van der Waals surface area contributed by atoms with E-state index in [1.807, 2.05) is 4.72 Å². The normalized spacial score (nSPS) is 16.7. The molecule has 2 N–H and O–H groups in total. The van der Waals surface area contributed by atoms with Gasteiger partial charge in [0.05, 0.1) is 15.9 Å². The summed E-state index contributed by atoms with van der Waals surface area (Å²) >= 11 is 0. The van der Waals surface area contributed by atoms with Crippen LogP contribution in [0.1, 0.15) is 12.8 Å². The van der Waals surface area contributed by atoms with Crippen molar-refractivity contribution in [2.24, 2.45) is 0 Å². The van der Waals surface area contributed by atoms with Gasteiger partial charge in [0, 0.05) is 12.1 Å². The van der Waals surface area contributed by atoms with Gasteiger partial charge in [-0.25, -0.2) is 12.8 Å². The highest BCUT2D eigenvalue weighted by molar-refractivity contribution is 7.93. The third-order valence-electron chi connectivity index (χ3n) is 3.21. The molecule has 0 atom stereocenters. The number of halogens is 2. The lowest BCUT2D eigenvalue weighted by atomic mass is 10.2. The molecule has 1 saturated heterocycles. The van der Waals surface area contributed by atoms with Gasteiger partial charge >= 0.3 is 5.69 Å². The van der Waals surface area contributed by atoms with Crippen molar-refractivity contribution in [2.75, 3.05) is 17.8 Å². The van der Waals surface area contributed by atoms with Crippen molar-refractivity contribution in [1.29, 1.82) is 0 Å². The van der Waals surface area contributed by atoms with E-state index >= 15 is 0 Å². The fourth-order valence-electron chi connectivity index (χ4n) is 2.10. The Kier molecular flexibility index (Phi) is 4.37. The molecule has 1 heterocycles. The third-order valence-corrected chi connectivity index (χ3v) is 5.06. The highest BCUT2D eigenvalue weighted by Crippen LogP contribution is 2.27. The Hall–Kier alpha value is -1.81. The van der Waals surface area contributed by atoms with Crippen LogP contribution in [0.5, 0.6) is 0 Å². The van der Waals surface area contributed by atoms with E-state index in [0.29, 0.717) is 38.1 Å². The number of piperidine rings is 1. The minimum atomic E-state index is -3.89. The van der Waals surface area contributed by atoms with Crippen molar-refractivity contribution < 1.29 is 22.1 Å². The molecule has 10 heteroatoms. The Labute approximate surface area is 119 Å². The first-order chi connectivity index (χ1) is 9.81. The maximum atomic E-state index is 13.6. The molecule has 0 bridgehead atoms. The van der Waals surface area contributed by atoms with Gasteiger partial charge in [0.15, 0.2) is 5.82 Å². The summed E-state index contributed by atoms with van der Waals surface area (Å²) in [7, 11) is -3.89. The largest absolute Gasteiger partial charge is 0.317 e. The first-order valence-corrected chi connectivity index (χ1v) is 7.71. The maximum Gasteiger partial charge on any atom is 0.307 e. The molecule has 0 spiro atoms. The second kappa shape index (κ2) is 5.90. The zero-order valence-electron chi connectivity index (χ0n) is 10.8. The van der Waals surface area contributed by atoms with E-state index in [-0.39, 0.29) is 0 Å². The number of nitrogens with one attached hydrogen (secondary N) is 2. The highest BCUT2D eigenvalue weighted by Gasteiger charge is 2.29. The number of nitrogens with zero attached hydrogens (tertiary/aromatic N) is 1. The summed E-state index contributed by atoms with van der Waals surface area (Å²) in [6.45, 7) is 1.02. The van der Waals surface area contributed by atoms with Crippen LogP contribution in [0.2, 0.25) is 0 Å². The fourth-order valence-corrected chi connectivity index (χ4v) is 3.58. The van der Waals surface area contributed by atoms with Crippen LogP contribution in [0.25, 0.3) is 0 Å². The van der Waals surface area contributed by atoms with Crippen LogP contribution in [0, 0.1) is 21.7 Å². The minimum Gasteiger partial charge on any atom is -0.317 e. The molecule has 0 unspecified atom stereocenters. The summed E-state index contributed by atoms with van der Waals surface area (Å²) in [5, 5.41) is 12.9. The SMILES string of the molecule is O=[N+]([O-])c1cc(NS(=O)(=O)C2CCNCC2)c(F)cc1F. The summed E-state index contributed by atoms with van der Waals surface area (Å²) in [4.78, 5) is 9.57. The van der Waals surface area contributed by atoms with Gasteiger partial charge in [0.25, 0.3) is 0 Å². The molecule has 21 heavy (non-hydrogen) atoms. The predicted octanol–water partition coefficient (Wildman–Crippen LogP) is 1.37. The smallest absolute Gasteiger partial charge is 0.307 e. The Balaban J connectivity index is 2.30. The molecule has 1 aliphatic heterocycles. The standard InChI is InChI=1S/C11H13F2N3O4S/c12-8-5-9(13)11(16(17)18)6-10(8)15-21(19,20)7-1-3-14-4-2-7/h5-7,14-15H,1-4H2. The fraction of sp³-hybridized carbons (Fsp3) is 0.455. The lowest BCUT2D eigenvalue weighted by molar-refractivity contribution is -0.387. The number of nitro benzene ring substituents is 1. The molecule has 0 saturated carbocycles. The van der Waals surface area contributed by atoms with Gasteiger partial charge in [-0.05, 0) is 25.9 Å². The number of nitro groups is 1. The lowest BCUT2D eigenvalue weighted by Crippen LogP contribution is -2.38. The molecule has 1 fully saturated rings. The molecule has 1 aliphatic rings. The van der Waals surface area contributed by atoms with Crippen molar-refractivity contribution in [3.63, 3.8) is 0 Å². The second-order valence-corrected chi connectivity index (χ2v) is 6.60. The van der Waals surface area contributed by atoms with Crippen molar-refractivity contribution in [3.05, 3.63) is 33.9 Å². The summed E-state index contributed by atoms with van der Waals surface area (Å²) in [6, 6.07) is 0.835. The summed E-state index contributed by atoms with van der Waals surface area (Å²) < 4.78 is 53.0. The van der Waals surface area contributed by atoms with Gasteiger partial charge < -0.3 is 5.32 Å². The molecular formula is C11H13F2N3O4S. The van der Waals surface area contributed by atoms with Gasteiger partial charge in [-0.1, -0.05) is 0 Å². The molecular weight excluding hydrogens is 308 g/mol. The summed E-state index contributed by atoms with van der Waals surface area (Å²) in [5.74, 6) is -2.56. The Morgan fingerprint density at radius 1 is 1.24 bits per heavy atom. The Bertz CT molecular complexity index is 660. The topological polar surface area (TPSA) is 101 Å². The van der Waals surface area contributed by atoms with E-state index in [9.17, 15) is 27.3 Å². The van der Waals surface area contributed by atoms with Gasteiger partial charge in [-0.2, -0.15) is 4.39 Å². The van der Waals surface area contributed by atoms with E-state index in [2.05, 4.69) is 5.32 Å². The Morgan fingerprint density at radius 2 is 1.86 bits per heavy atom. The average molecular weight is 321 g/mol. The van der Waals surface area contributed by atoms with Crippen LogP contribution in [0.15, 0.2) is 12.1 Å². The van der Waals surface area contributed by atoms with Gasteiger partial charge in [-0.15, -0.1) is 0 Å². The number of benzene rings is 1. The van der Waals surface area contributed by atoms with Crippen molar-refractivity contribution in [2.45, 2.75) is 18.1 Å². The van der Waals surface area contributed by atoms with E-state index < -0.39 is 43.2 Å². The number of hydrogen-bond donors (Lipinski definition) is 2. The van der Waals surface area contributed by atoms with E-state index in [4.69, 9.17) is 0 Å². The van der Waals surface area contributed by atoms with E-state index in [1.165, 1.54) is 0 Å². The van der Waals surface area contributed by atoms with Crippen LogP contribution in [0.3, 0.4) is 0 Å². The average Bonchev–Trinajstić information content (AvgIpc) is 2.42. The van der Waals surface area contributed by atoms with Crippen LogP contribution in [0.4, 0.5) is 20.2 Å². The number of rotatable bonds is 4. The molecule has 7 nitrogen and oxygen atoms in total. The molecule has 0 aromatic heterocycles. The molecule has 0 amide bonds. The number of hydrogen-bond acceptors (Lipinski definition) is 5. The van der Waals surface area contributed by atoms with Crippen LogP contribution in [-0.2, 0) is 10.0 Å². The molecule has 1 aromatic rings. The molecule has 0 radical (unpaired) electrons. The van der Waals surface area contributed by atoms with Crippen LogP contribution < -0.4 is 10.0 Å². The van der Waals surface area contributed by atoms with Crippen molar-refractivity contribution in [1.82, 2.24) is 5.32 Å². The Morgan fingerprint density at radius 3 is 2.43 bits per heavy atom. The molecule has 116 valence electrons. The van der Waals surface area contributed by atoms with Crippen molar-refractivity contribution >= 4 is 21.4 Å². The quantitative estimate of drug-likeness (QED) is 0.644. The highest BCUT2D eigenvalue weighted by atomic mass is 32.2. The third kappa shape index (κ3) is 3.45. The predicted molar refractivity (Wildman–Crippen MR) is 71.4 cm³/mol. The summed E-state index contributed by atoms with van der Waals surface area (Å²) in [5.41, 5.74) is -1.61. The number of anilines is 1. The van der Waals surface area contributed by atoms with Crippen LogP contribution in [-0.4, -0.2) is 31.7 Å². The first-order valence-electron chi connectivity index (χ1n) is 6.17. The molecule has 0 aliphatic carbocycles.